The van der Waals surface area contributed by atoms with E-state index in [1.165, 1.54) is 11.3 Å². The number of halogens is 1. The van der Waals surface area contributed by atoms with Gasteiger partial charge in [0.25, 0.3) is 11.8 Å². The largest absolute Gasteiger partial charge is 0.310 e. The summed E-state index contributed by atoms with van der Waals surface area (Å²) in [5, 5.41) is 2.52. The zero-order valence-corrected chi connectivity index (χ0v) is 17.8. The van der Waals surface area contributed by atoms with Gasteiger partial charge in [-0.05, 0) is 29.1 Å². The van der Waals surface area contributed by atoms with Gasteiger partial charge in [-0.25, -0.2) is 0 Å². The SMILES string of the molecule is O=C(c1cccs1)N1CCSC12C(=O)N(Cc1ccccc1Cl)c1ccccc12. The zero-order chi connectivity index (χ0) is 20.0. The quantitative estimate of drug-likeness (QED) is 0.576. The minimum absolute atomic E-state index is 0.0778. The van der Waals surface area contributed by atoms with Crippen LogP contribution >= 0.6 is 34.7 Å². The average molecular weight is 441 g/mol. The molecule has 7 heteroatoms. The van der Waals surface area contributed by atoms with Crippen LogP contribution in [-0.4, -0.2) is 29.0 Å². The molecule has 2 aliphatic rings. The first-order valence-corrected chi connectivity index (χ1v) is 11.5. The molecule has 0 radical (unpaired) electrons. The van der Waals surface area contributed by atoms with Crippen LogP contribution in [0, 0.1) is 0 Å². The van der Waals surface area contributed by atoms with Crippen molar-refractivity contribution < 1.29 is 9.59 Å². The van der Waals surface area contributed by atoms with Crippen LogP contribution in [0.1, 0.15) is 20.8 Å². The molecule has 2 aliphatic heterocycles. The van der Waals surface area contributed by atoms with Crippen molar-refractivity contribution >= 4 is 52.2 Å². The highest BCUT2D eigenvalue weighted by Gasteiger charge is 2.59. The Kier molecular flexibility index (Phi) is 4.65. The molecule has 2 aromatic carbocycles. The van der Waals surface area contributed by atoms with Crippen LogP contribution in [0.2, 0.25) is 5.02 Å². The molecule has 3 heterocycles. The van der Waals surface area contributed by atoms with Crippen molar-refractivity contribution in [2.24, 2.45) is 0 Å². The second-order valence-corrected chi connectivity index (χ2v) is 9.57. The van der Waals surface area contributed by atoms with E-state index in [4.69, 9.17) is 11.6 Å². The van der Waals surface area contributed by atoms with E-state index in [1.54, 1.807) is 21.6 Å². The van der Waals surface area contributed by atoms with Crippen molar-refractivity contribution in [3.8, 4) is 0 Å². The van der Waals surface area contributed by atoms with Gasteiger partial charge in [-0.15, -0.1) is 23.1 Å². The maximum Gasteiger partial charge on any atom is 0.268 e. The molecule has 5 rings (SSSR count). The lowest BCUT2D eigenvalue weighted by molar-refractivity contribution is -0.123. The summed E-state index contributed by atoms with van der Waals surface area (Å²) < 4.78 is 0. The fourth-order valence-corrected chi connectivity index (χ4v) is 6.38. The summed E-state index contributed by atoms with van der Waals surface area (Å²) in [6.45, 7) is 0.917. The van der Waals surface area contributed by atoms with Crippen molar-refractivity contribution in [3.63, 3.8) is 0 Å². The number of benzene rings is 2. The van der Waals surface area contributed by atoms with Gasteiger partial charge in [-0.1, -0.05) is 54.1 Å². The number of anilines is 1. The Balaban J connectivity index is 1.60. The molecule has 4 nitrogen and oxygen atoms in total. The molecule has 2 amide bonds. The highest BCUT2D eigenvalue weighted by molar-refractivity contribution is 8.01. The predicted octanol–water partition coefficient (Wildman–Crippen LogP) is 4.99. The van der Waals surface area contributed by atoms with Gasteiger partial charge in [-0.3, -0.25) is 9.59 Å². The fraction of sp³-hybridized carbons (Fsp3) is 0.182. The Bertz CT molecular complexity index is 1100. The first-order chi connectivity index (χ1) is 14.1. The maximum absolute atomic E-state index is 13.9. The van der Waals surface area contributed by atoms with Gasteiger partial charge in [0, 0.05) is 22.9 Å². The molecule has 1 atom stereocenters. The van der Waals surface area contributed by atoms with Crippen molar-refractivity contribution in [2.75, 3.05) is 17.2 Å². The third-order valence-electron chi connectivity index (χ3n) is 5.36. The van der Waals surface area contributed by atoms with Gasteiger partial charge in [-0.2, -0.15) is 0 Å². The molecule has 1 saturated heterocycles. The van der Waals surface area contributed by atoms with E-state index >= 15 is 0 Å². The van der Waals surface area contributed by atoms with Crippen molar-refractivity contribution in [3.05, 3.63) is 87.1 Å². The maximum atomic E-state index is 13.9. The Morgan fingerprint density at radius 2 is 1.86 bits per heavy atom. The molecule has 1 aromatic heterocycles. The third-order valence-corrected chi connectivity index (χ3v) is 8.01. The molecule has 146 valence electrons. The summed E-state index contributed by atoms with van der Waals surface area (Å²) in [4.78, 5) is 30.3. The minimum Gasteiger partial charge on any atom is -0.310 e. The molecule has 1 spiro atoms. The van der Waals surface area contributed by atoms with Gasteiger partial charge < -0.3 is 9.80 Å². The summed E-state index contributed by atoms with van der Waals surface area (Å²) in [7, 11) is 0. The van der Waals surface area contributed by atoms with Crippen LogP contribution in [0.25, 0.3) is 0 Å². The predicted molar refractivity (Wildman–Crippen MR) is 119 cm³/mol. The van der Waals surface area contributed by atoms with Gasteiger partial charge in [0.2, 0.25) is 0 Å². The fourth-order valence-electron chi connectivity index (χ4n) is 4.06. The average Bonchev–Trinajstić information content (AvgIpc) is 3.47. The molecule has 0 saturated carbocycles. The number of thiophene rings is 1. The number of carbonyl (C=O) groups excluding carboxylic acids is 2. The topological polar surface area (TPSA) is 40.6 Å². The van der Waals surface area contributed by atoms with Crippen molar-refractivity contribution in [2.45, 2.75) is 11.4 Å². The number of carbonyl (C=O) groups is 2. The molecule has 0 N–H and O–H groups in total. The van der Waals surface area contributed by atoms with E-state index in [0.29, 0.717) is 23.0 Å². The molecular formula is C22H17ClN2O2S2. The van der Waals surface area contributed by atoms with Crippen LogP contribution < -0.4 is 4.90 Å². The highest BCUT2D eigenvalue weighted by Crippen LogP contribution is 2.54. The first kappa shape index (κ1) is 18.7. The van der Waals surface area contributed by atoms with E-state index in [2.05, 4.69) is 0 Å². The number of hydrogen-bond donors (Lipinski definition) is 0. The summed E-state index contributed by atoms with van der Waals surface area (Å²) in [5.74, 6) is 0.552. The Morgan fingerprint density at radius 1 is 1.07 bits per heavy atom. The lowest BCUT2D eigenvalue weighted by atomic mass is 10.1. The second kappa shape index (κ2) is 7.20. The van der Waals surface area contributed by atoms with Gasteiger partial charge in [0.1, 0.15) is 0 Å². The summed E-state index contributed by atoms with van der Waals surface area (Å²) in [5.41, 5.74) is 2.61. The van der Waals surface area contributed by atoms with E-state index in [0.717, 1.165) is 22.6 Å². The smallest absolute Gasteiger partial charge is 0.268 e. The zero-order valence-electron chi connectivity index (χ0n) is 15.4. The van der Waals surface area contributed by atoms with Crippen molar-refractivity contribution in [1.29, 1.82) is 0 Å². The van der Waals surface area contributed by atoms with Gasteiger partial charge in [0.15, 0.2) is 4.87 Å². The number of thioether (sulfide) groups is 1. The third kappa shape index (κ3) is 2.81. The monoisotopic (exact) mass is 440 g/mol. The lowest BCUT2D eigenvalue weighted by Gasteiger charge is -2.33. The van der Waals surface area contributed by atoms with Crippen LogP contribution in [0.5, 0.6) is 0 Å². The first-order valence-electron chi connectivity index (χ1n) is 9.27. The minimum atomic E-state index is -1.01. The van der Waals surface area contributed by atoms with Crippen LogP contribution in [-0.2, 0) is 16.2 Å². The summed E-state index contributed by atoms with van der Waals surface area (Å²) in [6, 6.07) is 19.0. The Hall–Kier alpha value is -2.28. The molecule has 0 aliphatic carbocycles. The molecule has 3 aromatic rings. The van der Waals surface area contributed by atoms with E-state index in [9.17, 15) is 9.59 Å². The molecule has 1 fully saturated rings. The van der Waals surface area contributed by atoms with Crippen molar-refractivity contribution in [1.82, 2.24) is 4.90 Å². The van der Waals surface area contributed by atoms with Gasteiger partial charge >= 0.3 is 0 Å². The van der Waals surface area contributed by atoms with Crippen LogP contribution in [0.3, 0.4) is 0 Å². The number of amides is 2. The molecule has 1 unspecified atom stereocenters. The number of para-hydroxylation sites is 1. The second-order valence-electron chi connectivity index (χ2n) is 6.93. The van der Waals surface area contributed by atoms with Crippen LogP contribution in [0.15, 0.2) is 66.0 Å². The lowest BCUT2D eigenvalue weighted by Crippen LogP contribution is -2.50. The number of rotatable bonds is 3. The molecule has 0 bridgehead atoms. The number of hydrogen-bond acceptors (Lipinski definition) is 4. The standard InChI is InChI=1S/C22H17ClN2O2S2/c23-17-8-3-1-6-15(17)14-24-18-9-4-2-7-16(18)22(21(24)27)25(11-13-29-22)20(26)19-10-5-12-28-19/h1-10,12H,11,13-14H2. The molecular weight excluding hydrogens is 424 g/mol. The van der Waals surface area contributed by atoms with E-state index in [1.807, 2.05) is 66.0 Å². The Labute approximate surface area is 182 Å². The normalized spacial score (nSPS) is 20.5. The van der Waals surface area contributed by atoms with Gasteiger partial charge in [0.05, 0.1) is 17.1 Å². The molecule has 29 heavy (non-hydrogen) atoms. The number of nitrogens with zero attached hydrogens (tertiary/aromatic N) is 2. The van der Waals surface area contributed by atoms with Crippen LogP contribution in [0.4, 0.5) is 5.69 Å². The summed E-state index contributed by atoms with van der Waals surface area (Å²) >= 11 is 9.31. The van der Waals surface area contributed by atoms with E-state index in [-0.39, 0.29) is 11.8 Å². The summed E-state index contributed by atoms with van der Waals surface area (Å²) in [6.07, 6.45) is 0. The highest BCUT2D eigenvalue weighted by atomic mass is 35.5. The van der Waals surface area contributed by atoms with E-state index < -0.39 is 4.87 Å². The Morgan fingerprint density at radius 3 is 2.66 bits per heavy atom. The number of fused-ring (bicyclic) bond motifs is 2.